The van der Waals surface area contributed by atoms with Gasteiger partial charge in [-0.15, -0.1) is 15.3 Å². The molecule has 0 aliphatic carbocycles. The fraction of sp³-hybridized carbons (Fsp3) is 0. The van der Waals surface area contributed by atoms with Crippen LogP contribution in [0.2, 0.25) is 0 Å². The summed E-state index contributed by atoms with van der Waals surface area (Å²) < 4.78 is 1.60. The first-order valence-corrected chi connectivity index (χ1v) is 5.75. The number of rotatable bonds is 2. The first-order chi connectivity index (χ1) is 8.33. The third kappa shape index (κ3) is 1.87. The molecule has 0 radical (unpaired) electrons. The van der Waals surface area contributed by atoms with Gasteiger partial charge in [0.25, 0.3) is 0 Å². The van der Waals surface area contributed by atoms with Gasteiger partial charge in [0.15, 0.2) is 5.82 Å². The highest BCUT2D eigenvalue weighted by atomic mass is 32.1. The van der Waals surface area contributed by atoms with Crippen LogP contribution in [0.25, 0.3) is 16.5 Å². The normalized spacial score (nSPS) is 10.6. The summed E-state index contributed by atoms with van der Waals surface area (Å²) >= 11 is 1.41. The lowest BCUT2D eigenvalue weighted by atomic mass is 10.2. The number of hydrogen-bond acceptors (Lipinski definition) is 6. The predicted octanol–water partition coefficient (Wildman–Crippen LogP) is 1.37. The van der Waals surface area contributed by atoms with Gasteiger partial charge in [-0.3, -0.25) is 0 Å². The molecule has 2 heterocycles. The van der Waals surface area contributed by atoms with Gasteiger partial charge in [-0.2, -0.15) is 4.68 Å². The minimum absolute atomic E-state index is 0.639. The lowest BCUT2D eigenvalue weighted by Crippen LogP contribution is -1.94. The molecular formula is C10H8N6S. The number of nitrogens with two attached hydrogens (primary N) is 1. The monoisotopic (exact) mass is 244 g/mol. The average molecular weight is 244 g/mol. The van der Waals surface area contributed by atoms with E-state index in [2.05, 4.69) is 20.3 Å². The van der Waals surface area contributed by atoms with E-state index in [-0.39, 0.29) is 0 Å². The molecule has 0 fully saturated rings. The molecule has 6 nitrogen and oxygen atoms in total. The van der Waals surface area contributed by atoms with E-state index in [1.165, 1.54) is 11.3 Å². The van der Waals surface area contributed by atoms with E-state index in [0.717, 1.165) is 11.3 Å². The zero-order valence-corrected chi connectivity index (χ0v) is 9.50. The van der Waals surface area contributed by atoms with Gasteiger partial charge in [0.1, 0.15) is 11.8 Å². The summed E-state index contributed by atoms with van der Waals surface area (Å²) in [6.07, 6.45) is 1.62. The molecule has 0 amide bonds. The molecule has 2 aromatic heterocycles. The Hall–Kier alpha value is -2.28. The van der Waals surface area contributed by atoms with Crippen molar-refractivity contribution in [1.29, 1.82) is 0 Å². The van der Waals surface area contributed by atoms with E-state index in [4.69, 9.17) is 5.73 Å². The first kappa shape index (κ1) is 9.91. The Morgan fingerprint density at radius 1 is 1.18 bits per heavy atom. The van der Waals surface area contributed by atoms with Gasteiger partial charge in [-0.05, 0) is 24.3 Å². The third-order valence-electron chi connectivity index (χ3n) is 2.21. The van der Waals surface area contributed by atoms with Crippen LogP contribution in [-0.4, -0.2) is 25.0 Å². The number of aromatic nitrogens is 5. The fourth-order valence-electron chi connectivity index (χ4n) is 1.39. The molecule has 0 unspecified atom stereocenters. The summed E-state index contributed by atoms with van der Waals surface area (Å²) in [4.78, 5) is 4.22. The summed E-state index contributed by atoms with van der Waals surface area (Å²) in [5.41, 5.74) is 8.92. The van der Waals surface area contributed by atoms with Crippen molar-refractivity contribution in [1.82, 2.24) is 25.0 Å². The molecule has 0 bridgehead atoms. The molecule has 2 N–H and O–H groups in total. The lowest BCUT2D eigenvalue weighted by molar-refractivity contribution is 0.847. The second-order valence-electron chi connectivity index (χ2n) is 3.36. The van der Waals surface area contributed by atoms with Gasteiger partial charge in [-0.1, -0.05) is 11.3 Å². The first-order valence-electron chi connectivity index (χ1n) is 4.87. The molecule has 1 aromatic carbocycles. The molecule has 0 saturated heterocycles. The molecule has 84 valence electrons. The van der Waals surface area contributed by atoms with Gasteiger partial charge in [-0.25, -0.2) is 4.98 Å². The molecular weight excluding hydrogens is 236 g/mol. The molecule has 3 rings (SSSR count). The number of benzene rings is 1. The Balaban J connectivity index is 1.98. The van der Waals surface area contributed by atoms with Crippen LogP contribution in [0.15, 0.2) is 36.1 Å². The summed E-state index contributed by atoms with van der Waals surface area (Å²) in [5.74, 6) is 0.639. The maximum Gasteiger partial charge on any atom is 0.234 e. The van der Waals surface area contributed by atoms with Gasteiger partial charge >= 0.3 is 0 Å². The van der Waals surface area contributed by atoms with Crippen molar-refractivity contribution < 1.29 is 0 Å². The highest BCUT2D eigenvalue weighted by Gasteiger charge is 2.06. The van der Waals surface area contributed by atoms with Gasteiger partial charge in [0, 0.05) is 11.3 Å². The van der Waals surface area contributed by atoms with E-state index in [1.54, 1.807) is 16.5 Å². The van der Waals surface area contributed by atoms with Crippen molar-refractivity contribution in [2.45, 2.75) is 0 Å². The fourth-order valence-corrected chi connectivity index (χ4v) is 1.87. The zero-order valence-electron chi connectivity index (χ0n) is 8.69. The Kier molecular flexibility index (Phi) is 2.30. The SMILES string of the molecule is Nc1ccc(-c2ncn(-c3nncs3)n2)cc1. The van der Waals surface area contributed by atoms with Gasteiger partial charge in [0.2, 0.25) is 5.13 Å². The van der Waals surface area contributed by atoms with E-state index >= 15 is 0 Å². The molecule has 7 heteroatoms. The molecule has 3 aromatic rings. The molecule has 0 aliphatic heterocycles. The highest BCUT2D eigenvalue weighted by molar-refractivity contribution is 7.11. The predicted molar refractivity (Wildman–Crippen MR) is 64.7 cm³/mol. The third-order valence-corrected chi connectivity index (χ3v) is 2.88. The van der Waals surface area contributed by atoms with Crippen LogP contribution in [0.3, 0.4) is 0 Å². The van der Waals surface area contributed by atoms with E-state index < -0.39 is 0 Å². The van der Waals surface area contributed by atoms with Crippen LogP contribution in [0.1, 0.15) is 0 Å². The standard InChI is InChI=1S/C10H8N6S/c11-8-3-1-7(2-4-8)9-12-5-16(15-9)10-14-13-6-17-10/h1-6H,11H2. The summed E-state index contributed by atoms with van der Waals surface area (Å²) in [5, 5.41) is 12.7. The number of nitrogen functional groups attached to an aromatic ring is 1. The maximum absolute atomic E-state index is 5.62. The van der Waals surface area contributed by atoms with E-state index in [1.807, 2.05) is 24.3 Å². The zero-order chi connectivity index (χ0) is 11.7. The Morgan fingerprint density at radius 3 is 2.71 bits per heavy atom. The topological polar surface area (TPSA) is 82.5 Å². The van der Waals surface area contributed by atoms with E-state index in [9.17, 15) is 0 Å². The molecule has 17 heavy (non-hydrogen) atoms. The summed E-state index contributed by atoms with van der Waals surface area (Å²) in [6, 6.07) is 7.41. The molecule has 0 spiro atoms. The average Bonchev–Trinajstić information content (AvgIpc) is 3.00. The number of anilines is 1. The summed E-state index contributed by atoms with van der Waals surface area (Å²) in [7, 11) is 0. The van der Waals surface area contributed by atoms with Crippen LogP contribution in [0, 0.1) is 0 Å². The minimum atomic E-state index is 0.639. The van der Waals surface area contributed by atoms with Crippen LogP contribution in [0.5, 0.6) is 0 Å². The molecule has 0 saturated carbocycles. The van der Waals surface area contributed by atoms with Crippen molar-refractivity contribution in [2.75, 3.05) is 5.73 Å². The van der Waals surface area contributed by atoms with Gasteiger partial charge in [0.05, 0.1) is 0 Å². The Bertz CT molecular complexity index is 613. The van der Waals surface area contributed by atoms with Crippen molar-refractivity contribution >= 4 is 17.0 Å². The minimum Gasteiger partial charge on any atom is -0.399 e. The van der Waals surface area contributed by atoms with Crippen LogP contribution in [-0.2, 0) is 0 Å². The van der Waals surface area contributed by atoms with Crippen LogP contribution in [0.4, 0.5) is 5.69 Å². The smallest absolute Gasteiger partial charge is 0.234 e. The van der Waals surface area contributed by atoms with Crippen molar-refractivity contribution in [3.8, 4) is 16.5 Å². The Morgan fingerprint density at radius 2 is 2.00 bits per heavy atom. The van der Waals surface area contributed by atoms with Crippen LogP contribution < -0.4 is 5.73 Å². The van der Waals surface area contributed by atoms with Crippen molar-refractivity contribution in [3.63, 3.8) is 0 Å². The summed E-state index contributed by atoms with van der Waals surface area (Å²) in [6.45, 7) is 0. The quantitative estimate of drug-likeness (QED) is 0.688. The number of hydrogen-bond donors (Lipinski definition) is 1. The molecule has 0 atom stereocenters. The number of nitrogens with zero attached hydrogens (tertiary/aromatic N) is 5. The second kappa shape index (κ2) is 3.95. The van der Waals surface area contributed by atoms with E-state index in [0.29, 0.717) is 11.0 Å². The van der Waals surface area contributed by atoms with Crippen LogP contribution >= 0.6 is 11.3 Å². The largest absolute Gasteiger partial charge is 0.399 e. The van der Waals surface area contributed by atoms with Crippen molar-refractivity contribution in [2.24, 2.45) is 0 Å². The molecule has 0 aliphatic rings. The Labute approximate surface area is 101 Å². The van der Waals surface area contributed by atoms with Gasteiger partial charge < -0.3 is 5.73 Å². The lowest BCUT2D eigenvalue weighted by Gasteiger charge is -1.95. The maximum atomic E-state index is 5.62. The van der Waals surface area contributed by atoms with Crippen molar-refractivity contribution in [3.05, 3.63) is 36.1 Å². The highest BCUT2D eigenvalue weighted by Crippen LogP contribution is 2.17. The second-order valence-corrected chi connectivity index (χ2v) is 4.17.